The lowest BCUT2D eigenvalue weighted by Gasteiger charge is -2.43. The van der Waals surface area contributed by atoms with Gasteiger partial charge in [-0.3, -0.25) is 0 Å². The van der Waals surface area contributed by atoms with Gasteiger partial charge >= 0.3 is 0 Å². The zero-order valence-electron chi connectivity index (χ0n) is 29.0. The van der Waals surface area contributed by atoms with Gasteiger partial charge in [0, 0.05) is 0 Å². The van der Waals surface area contributed by atoms with Crippen LogP contribution >= 0.6 is 0 Å². The van der Waals surface area contributed by atoms with E-state index < -0.39 is 8.07 Å². The molecule has 0 radical (unpaired) electrons. The van der Waals surface area contributed by atoms with E-state index >= 15 is 0 Å². The van der Waals surface area contributed by atoms with Crippen LogP contribution in [-0.2, 0) is 12.8 Å². The molecule has 0 aromatic heterocycles. The highest BCUT2D eigenvalue weighted by molar-refractivity contribution is 7.12. The predicted octanol–water partition coefficient (Wildman–Crippen LogP) is 13.1. The fourth-order valence-electron chi connectivity index (χ4n) is 9.60. The third kappa shape index (κ3) is 5.36. The van der Waals surface area contributed by atoms with E-state index in [1.807, 2.05) is 0 Å². The Morgan fingerprint density at radius 1 is 0.380 bits per heavy atom. The van der Waals surface area contributed by atoms with Crippen molar-refractivity contribution in [2.75, 3.05) is 0 Å². The summed E-state index contributed by atoms with van der Waals surface area (Å²) in [6.45, 7) is 2.79. The Kier molecular flexibility index (Phi) is 8.10. The highest BCUT2D eigenvalue weighted by atomic mass is 28.3. The van der Waals surface area contributed by atoms with Crippen LogP contribution in [0.15, 0.2) is 158 Å². The van der Waals surface area contributed by atoms with Gasteiger partial charge in [0.2, 0.25) is 0 Å². The lowest BCUT2D eigenvalue weighted by atomic mass is 9.99. The van der Waals surface area contributed by atoms with Gasteiger partial charge in [0.1, 0.15) is 8.07 Å². The van der Waals surface area contributed by atoms with Crippen LogP contribution in [0, 0.1) is 0 Å². The summed E-state index contributed by atoms with van der Waals surface area (Å²) in [5.41, 5.74) is 17.8. The van der Waals surface area contributed by atoms with Crippen LogP contribution in [-0.4, -0.2) is 8.07 Å². The van der Waals surface area contributed by atoms with E-state index in [2.05, 4.69) is 164 Å². The van der Waals surface area contributed by atoms with Gasteiger partial charge in [-0.25, -0.2) is 0 Å². The smallest absolute Gasteiger partial charge is 0.0622 e. The fourth-order valence-corrected chi connectivity index (χ4v) is 15.6. The molecule has 0 amide bonds. The third-order valence-corrected chi connectivity index (χ3v) is 17.5. The Hall–Kier alpha value is -4.98. The SMILES string of the molecule is C[Si](C1=C(c2ccc(-c3ccccc3)cc2)Cc2ccccc21)(C1=C(c2ccc(-c3ccccc3)cc2)Cc2ccccc21)C1CCCCC1. The van der Waals surface area contributed by atoms with E-state index in [4.69, 9.17) is 0 Å². The normalized spacial score (nSPS) is 16.1. The van der Waals surface area contributed by atoms with Gasteiger partial charge in [-0.05, 0) is 95.6 Å². The van der Waals surface area contributed by atoms with Crippen LogP contribution in [0.25, 0.3) is 43.8 Å². The van der Waals surface area contributed by atoms with Crippen molar-refractivity contribution in [3.05, 3.63) is 191 Å². The van der Waals surface area contributed by atoms with E-state index in [0.717, 1.165) is 12.8 Å². The summed E-state index contributed by atoms with van der Waals surface area (Å²) in [6.07, 6.45) is 8.76. The number of allylic oxidation sites excluding steroid dienone is 2. The first-order chi connectivity index (χ1) is 24.7. The molecule has 0 saturated heterocycles. The maximum atomic E-state index is 2.79. The molecular formula is C49H44Si. The van der Waals surface area contributed by atoms with Crippen LogP contribution in [0.2, 0.25) is 12.1 Å². The van der Waals surface area contributed by atoms with Crippen LogP contribution in [0.3, 0.4) is 0 Å². The fraction of sp³-hybridized carbons (Fsp3) is 0.184. The molecule has 0 bridgehead atoms. The van der Waals surface area contributed by atoms with E-state index in [1.54, 1.807) is 21.5 Å². The summed E-state index contributed by atoms with van der Waals surface area (Å²) in [7, 11) is -2.37. The van der Waals surface area contributed by atoms with Crippen molar-refractivity contribution < 1.29 is 0 Å². The third-order valence-electron chi connectivity index (χ3n) is 12.1. The van der Waals surface area contributed by atoms with Crippen molar-refractivity contribution in [3.63, 3.8) is 0 Å². The molecule has 6 aromatic carbocycles. The summed E-state index contributed by atoms with van der Waals surface area (Å²) in [4.78, 5) is 0. The summed E-state index contributed by atoms with van der Waals surface area (Å²) in [5.74, 6) is 0. The van der Waals surface area contributed by atoms with E-state index in [0.29, 0.717) is 5.54 Å². The molecule has 1 saturated carbocycles. The lowest BCUT2D eigenvalue weighted by molar-refractivity contribution is 0.496. The first-order valence-corrected chi connectivity index (χ1v) is 21.2. The molecule has 244 valence electrons. The first-order valence-electron chi connectivity index (χ1n) is 18.6. The molecule has 0 heterocycles. The number of hydrogen-bond acceptors (Lipinski definition) is 0. The second-order valence-electron chi connectivity index (χ2n) is 14.8. The topological polar surface area (TPSA) is 0 Å². The number of benzene rings is 6. The Balaban J connectivity index is 1.27. The van der Waals surface area contributed by atoms with Gasteiger partial charge in [0.05, 0.1) is 0 Å². The second kappa shape index (κ2) is 13.0. The predicted molar refractivity (Wildman–Crippen MR) is 216 cm³/mol. The van der Waals surface area contributed by atoms with Crippen molar-refractivity contribution >= 4 is 29.6 Å². The van der Waals surface area contributed by atoms with Gasteiger partial charge in [0.25, 0.3) is 0 Å². The molecule has 9 rings (SSSR count). The quantitative estimate of drug-likeness (QED) is 0.150. The largest absolute Gasteiger partial charge is 0.120 e. The number of fused-ring (bicyclic) bond motifs is 2. The molecule has 50 heavy (non-hydrogen) atoms. The van der Waals surface area contributed by atoms with Gasteiger partial charge in [0.15, 0.2) is 0 Å². The molecule has 1 heteroatoms. The molecule has 6 aromatic rings. The maximum absolute atomic E-state index is 2.79. The van der Waals surface area contributed by atoms with Gasteiger partial charge in [-0.2, -0.15) is 0 Å². The van der Waals surface area contributed by atoms with Crippen molar-refractivity contribution in [3.8, 4) is 22.3 Å². The molecule has 0 unspecified atom stereocenters. The van der Waals surface area contributed by atoms with Crippen molar-refractivity contribution in [2.24, 2.45) is 0 Å². The van der Waals surface area contributed by atoms with Crippen molar-refractivity contribution in [2.45, 2.75) is 57.0 Å². The molecule has 0 nitrogen and oxygen atoms in total. The monoisotopic (exact) mass is 660 g/mol. The van der Waals surface area contributed by atoms with E-state index in [-0.39, 0.29) is 0 Å². The second-order valence-corrected chi connectivity index (χ2v) is 19.0. The Bertz CT molecular complexity index is 2060. The molecule has 0 atom stereocenters. The summed E-state index contributed by atoms with van der Waals surface area (Å²) >= 11 is 0. The van der Waals surface area contributed by atoms with Gasteiger partial charge < -0.3 is 0 Å². The minimum atomic E-state index is -2.37. The van der Waals surface area contributed by atoms with Crippen LogP contribution in [0.4, 0.5) is 0 Å². The standard InChI is InChI=1S/C49H44Si/c1-50(43-21-9-4-10-22-43,48-44-23-13-11-19-41(44)33-46(48)39-29-25-37(26-30-39)35-15-5-2-6-16-35)49-45-24-14-12-20-42(45)34-47(49)40-31-27-38(28-32-40)36-17-7-3-8-18-36/h2-3,5-8,11-20,23-32,43H,4,9-10,21-22,33-34H2,1H3. The highest BCUT2D eigenvalue weighted by Crippen LogP contribution is 2.58. The summed E-state index contributed by atoms with van der Waals surface area (Å²) in [5, 5.41) is 3.41. The Labute approximate surface area is 298 Å². The van der Waals surface area contributed by atoms with Gasteiger partial charge in [-0.15, -0.1) is 0 Å². The molecule has 0 N–H and O–H groups in total. The van der Waals surface area contributed by atoms with Crippen LogP contribution < -0.4 is 0 Å². The van der Waals surface area contributed by atoms with Crippen molar-refractivity contribution in [1.29, 1.82) is 0 Å². The molecule has 3 aliphatic carbocycles. The Morgan fingerprint density at radius 2 is 0.740 bits per heavy atom. The maximum Gasteiger partial charge on any atom is 0.120 e. The molecule has 3 aliphatic rings. The molecular weight excluding hydrogens is 617 g/mol. The lowest BCUT2D eigenvalue weighted by Crippen LogP contribution is -2.41. The number of hydrogen-bond donors (Lipinski definition) is 0. The van der Waals surface area contributed by atoms with Crippen LogP contribution in [0.5, 0.6) is 0 Å². The molecule has 0 spiro atoms. The minimum Gasteiger partial charge on any atom is -0.0622 e. The average Bonchev–Trinajstić information content (AvgIpc) is 3.79. The van der Waals surface area contributed by atoms with Gasteiger partial charge in [-0.1, -0.05) is 196 Å². The zero-order chi connectivity index (χ0) is 33.5. The molecule has 1 fully saturated rings. The van der Waals surface area contributed by atoms with E-state index in [9.17, 15) is 0 Å². The van der Waals surface area contributed by atoms with E-state index in [1.165, 1.54) is 87.7 Å². The summed E-state index contributed by atoms with van der Waals surface area (Å²) < 4.78 is 0. The zero-order valence-corrected chi connectivity index (χ0v) is 30.0. The minimum absolute atomic E-state index is 0.704. The summed E-state index contributed by atoms with van der Waals surface area (Å²) in [6, 6.07) is 59.5. The highest BCUT2D eigenvalue weighted by Gasteiger charge is 2.50. The first kappa shape index (κ1) is 31.0. The van der Waals surface area contributed by atoms with Crippen LogP contribution in [0.1, 0.15) is 65.5 Å². The Morgan fingerprint density at radius 3 is 1.18 bits per heavy atom. The number of rotatable bonds is 7. The molecule has 0 aliphatic heterocycles. The average molecular weight is 661 g/mol. The van der Waals surface area contributed by atoms with Crippen molar-refractivity contribution in [1.82, 2.24) is 0 Å².